The molecular formula is C12H12O5. The number of esters is 1. The molecule has 0 saturated heterocycles. The fraction of sp³-hybridized carbons (Fsp3) is 0.333. The Balaban J connectivity index is 2.26. The monoisotopic (exact) mass is 236 g/mol. The van der Waals surface area contributed by atoms with Crippen LogP contribution >= 0.6 is 0 Å². The minimum atomic E-state index is -0.780. The summed E-state index contributed by atoms with van der Waals surface area (Å²) >= 11 is 0. The van der Waals surface area contributed by atoms with Gasteiger partial charge in [0, 0.05) is 6.92 Å². The van der Waals surface area contributed by atoms with Crippen LogP contribution in [0.5, 0.6) is 0 Å². The molecule has 0 N–H and O–H groups in total. The number of carbonyl (C=O) groups is 1. The van der Waals surface area contributed by atoms with Crippen LogP contribution in [0.25, 0.3) is 5.57 Å². The van der Waals surface area contributed by atoms with Crippen molar-refractivity contribution in [1.29, 1.82) is 0 Å². The van der Waals surface area contributed by atoms with Crippen molar-refractivity contribution in [2.45, 2.75) is 26.4 Å². The minimum Gasteiger partial charge on any atom is -0.458 e. The van der Waals surface area contributed by atoms with Crippen molar-refractivity contribution in [2.75, 3.05) is 0 Å². The quantitative estimate of drug-likeness (QED) is 0.751. The molecule has 1 heterocycles. The second-order valence-corrected chi connectivity index (χ2v) is 3.65. The van der Waals surface area contributed by atoms with Crippen molar-refractivity contribution in [3.05, 3.63) is 40.4 Å². The lowest BCUT2D eigenvalue weighted by Crippen LogP contribution is -2.00. The highest BCUT2D eigenvalue weighted by Crippen LogP contribution is 2.26. The highest BCUT2D eigenvalue weighted by atomic mass is 16.6. The average Bonchev–Trinajstić information content (AvgIpc) is 2.69. The second-order valence-electron chi connectivity index (χ2n) is 3.65. The van der Waals surface area contributed by atoms with Gasteiger partial charge in [-0.05, 0) is 18.4 Å². The van der Waals surface area contributed by atoms with E-state index in [4.69, 9.17) is 13.6 Å². The molecule has 0 spiro atoms. The smallest absolute Gasteiger partial charge is 0.458 e. The molecule has 2 rings (SSSR count). The van der Waals surface area contributed by atoms with E-state index in [0.29, 0.717) is 5.76 Å². The third kappa shape index (κ3) is 2.75. The Kier molecular flexibility index (Phi) is 3.27. The molecule has 0 aliphatic heterocycles. The molecule has 0 saturated carbocycles. The van der Waals surface area contributed by atoms with E-state index in [9.17, 15) is 9.59 Å². The van der Waals surface area contributed by atoms with Gasteiger partial charge in [0.05, 0.1) is 0 Å². The number of hydrogen-bond donors (Lipinski definition) is 0. The number of rotatable bonds is 3. The van der Waals surface area contributed by atoms with Gasteiger partial charge in [-0.15, -0.1) is 0 Å². The Morgan fingerprint density at radius 1 is 1.47 bits per heavy atom. The molecule has 5 nitrogen and oxygen atoms in total. The summed E-state index contributed by atoms with van der Waals surface area (Å²) in [6.07, 6.45) is 7.42. The normalized spacial score (nSPS) is 14.5. The van der Waals surface area contributed by atoms with Crippen molar-refractivity contribution in [3.8, 4) is 0 Å². The molecule has 0 unspecified atom stereocenters. The Bertz CT molecular complexity index is 529. The summed E-state index contributed by atoms with van der Waals surface area (Å²) < 4.78 is 14.6. The van der Waals surface area contributed by atoms with Gasteiger partial charge < -0.3 is 13.6 Å². The first-order valence-electron chi connectivity index (χ1n) is 5.29. The second kappa shape index (κ2) is 4.86. The molecular weight excluding hydrogens is 224 g/mol. The zero-order chi connectivity index (χ0) is 12.3. The Morgan fingerprint density at radius 3 is 2.94 bits per heavy atom. The number of hydrogen-bond acceptors (Lipinski definition) is 5. The molecule has 0 amide bonds. The van der Waals surface area contributed by atoms with E-state index in [1.807, 2.05) is 18.2 Å². The molecule has 90 valence electrons. The summed E-state index contributed by atoms with van der Waals surface area (Å²) in [6.45, 7) is 1.21. The van der Waals surface area contributed by atoms with E-state index in [1.165, 1.54) is 6.92 Å². The Morgan fingerprint density at radius 2 is 2.29 bits per heavy atom. The van der Waals surface area contributed by atoms with Gasteiger partial charge in [0.1, 0.15) is 0 Å². The van der Waals surface area contributed by atoms with Crippen LogP contribution in [-0.2, 0) is 16.1 Å². The Labute approximate surface area is 97.4 Å². The van der Waals surface area contributed by atoms with E-state index >= 15 is 0 Å². The summed E-state index contributed by atoms with van der Waals surface area (Å²) in [5, 5.41) is 0. The summed E-state index contributed by atoms with van der Waals surface area (Å²) in [5.74, 6) is -0.581. The van der Waals surface area contributed by atoms with E-state index in [0.717, 1.165) is 18.4 Å². The molecule has 0 bridgehead atoms. The number of carbonyl (C=O) groups excluding carboxylic acids is 1. The van der Waals surface area contributed by atoms with Crippen LogP contribution in [0.3, 0.4) is 0 Å². The molecule has 0 fully saturated rings. The predicted octanol–water partition coefficient (Wildman–Crippen LogP) is 2.03. The summed E-state index contributed by atoms with van der Waals surface area (Å²) in [4.78, 5) is 21.8. The van der Waals surface area contributed by atoms with E-state index < -0.39 is 11.8 Å². The molecule has 5 heteroatoms. The van der Waals surface area contributed by atoms with Gasteiger partial charge in [-0.3, -0.25) is 4.79 Å². The first-order valence-corrected chi connectivity index (χ1v) is 5.29. The lowest BCUT2D eigenvalue weighted by atomic mass is 10.0. The first kappa shape index (κ1) is 11.4. The van der Waals surface area contributed by atoms with Crippen molar-refractivity contribution in [1.82, 2.24) is 0 Å². The van der Waals surface area contributed by atoms with Crippen LogP contribution in [0.2, 0.25) is 0 Å². The highest BCUT2D eigenvalue weighted by molar-refractivity contribution is 5.67. The maximum atomic E-state index is 11.1. The van der Waals surface area contributed by atoms with Gasteiger partial charge >= 0.3 is 11.8 Å². The van der Waals surface area contributed by atoms with Gasteiger partial charge in [-0.25, -0.2) is 4.79 Å². The SMILES string of the molecule is CC(=O)OCc1oc(=O)oc1C1=CC=CCC1. The van der Waals surface area contributed by atoms with Crippen molar-refractivity contribution < 1.29 is 18.4 Å². The molecule has 0 atom stereocenters. The van der Waals surface area contributed by atoms with E-state index in [-0.39, 0.29) is 12.4 Å². The molecule has 1 aliphatic rings. The third-order valence-corrected chi connectivity index (χ3v) is 2.36. The van der Waals surface area contributed by atoms with Crippen molar-refractivity contribution >= 4 is 11.5 Å². The van der Waals surface area contributed by atoms with Crippen LogP contribution < -0.4 is 5.82 Å². The van der Waals surface area contributed by atoms with Crippen LogP contribution in [0.4, 0.5) is 0 Å². The largest absolute Gasteiger partial charge is 0.519 e. The lowest BCUT2D eigenvalue weighted by Gasteiger charge is -2.06. The van der Waals surface area contributed by atoms with Gasteiger partial charge in [0.25, 0.3) is 0 Å². The molecule has 0 radical (unpaired) electrons. The first-order chi connectivity index (χ1) is 8.16. The van der Waals surface area contributed by atoms with Crippen molar-refractivity contribution in [3.63, 3.8) is 0 Å². The fourth-order valence-corrected chi connectivity index (χ4v) is 1.61. The highest BCUT2D eigenvalue weighted by Gasteiger charge is 2.18. The molecule has 1 aromatic rings. The zero-order valence-corrected chi connectivity index (χ0v) is 9.39. The van der Waals surface area contributed by atoms with E-state index in [2.05, 4.69) is 0 Å². The fourth-order valence-electron chi connectivity index (χ4n) is 1.61. The maximum Gasteiger partial charge on any atom is 0.519 e. The molecule has 17 heavy (non-hydrogen) atoms. The molecule has 0 aromatic carbocycles. The van der Waals surface area contributed by atoms with Crippen LogP contribution in [0.15, 0.2) is 31.9 Å². The van der Waals surface area contributed by atoms with Gasteiger partial charge in [0.15, 0.2) is 18.1 Å². The summed E-state index contributed by atoms with van der Waals surface area (Å²) in [7, 11) is 0. The average molecular weight is 236 g/mol. The number of allylic oxidation sites excluding steroid dienone is 4. The minimum absolute atomic E-state index is 0.0859. The zero-order valence-electron chi connectivity index (χ0n) is 9.39. The predicted molar refractivity (Wildman–Crippen MR) is 59.1 cm³/mol. The third-order valence-electron chi connectivity index (χ3n) is 2.36. The van der Waals surface area contributed by atoms with Gasteiger partial charge in [0.2, 0.25) is 0 Å². The van der Waals surface area contributed by atoms with Gasteiger partial charge in [-0.1, -0.05) is 18.2 Å². The van der Waals surface area contributed by atoms with Crippen LogP contribution in [0, 0.1) is 0 Å². The van der Waals surface area contributed by atoms with Crippen LogP contribution in [-0.4, -0.2) is 5.97 Å². The van der Waals surface area contributed by atoms with Crippen molar-refractivity contribution in [2.24, 2.45) is 0 Å². The summed E-state index contributed by atoms with van der Waals surface area (Å²) in [6, 6.07) is 0. The van der Waals surface area contributed by atoms with E-state index in [1.54, 1.807) is 0 Å². The Hall–Kier alpha value is -2.04. The molecule has 1 aromatic heterocycles. The molecule has 1 aliphatic carbocycles. The lowest BCUT2D eigenvalue weighted by molar-refractivity contribution is -0.142. The summed E-state index contributed by atoms with van der Waals surface area (Å²) in [5.41, 5.74) is 0.875. The van der Waals surface area contributed by atoms with Crippen LogP contribution in [0.1, 0.15) is 31.3 Å². The topological polar surface area (TPSA) is 69.7 Å². The van der Waals surface area contributed by atoms with Gasteiger partial charge in [-0.2, -0.15) is 0 Å². The maximum absolute atomic E-state index is 11.1. The standard InChI is InChI=1S/C12H12O5/c1-8(13)15-7-10-11(17-12(14)16-10)9-5-3-2-4-6-9/h2-3,5H,4,6-7H2,1H3. The number of ether oxygens (including phenoxy) is 1.